The van der Waals surface area contributed by atoms with Gasteiger partial charge < -0.3 is 4.90 Å². The Morgan fingerprint density at radius 3 is 2.57 bits per heavy atom. The second-order valence-electron chi connectivity index (χ2n) is 7.03. The highest BCUT2D eigenvalue weighted by atomic mass is 32.1. The molecule has 0 aliphatic rings. The van der Waals surface area contributed by atoms with Crippen LogP contribution < -0.4 is 5.56 Å². The van der Waals surface area contributed by atoms with Gasteiger partial charge >= 0.3 is 6.18 Å². The molecule has 0 saturated carbocycles. The second kappa shape index (κ2) is 8.99. The highest BCUT2D eigenvalue weighted by molar-refractivity contribution is 7.17. The summed E-state index contributed by atoms with van der Waals surface area (Å²) in [5.41, 5.74) is 2.54. The molecule has 0 aliphatic heterocycles. The number of thiophene rings is 1. The van der Waals surface area contributed by atoms with Crippen LogP contribution in [0.1, 0.15) is 25.3 Å². The fourth-order valence-corrected chi connectivity index (χ4v) is 4.07. The molecule has 9 heteroatoms. The zero-order chi connectivity index (χ0) is 21.9. The van der Waals surface area contributed by atoms with Crippen LogP contribution in [0.15, 0.2) is 40.8 Å². The first-order valence-corrected chi connectivity index (χ1v) is 10.5. The number of halogens is 3. The third-order valence-electron chi connectivity index (χ3n) is 4.89. The highest BCUT2D eigenvalue weighted by Crippen LogP contribution is 2.30. The first-order valence-electron chi connectivity index (χ1n) is 9.58. The van der Waals surface area contributed by atoms with Crippen LogP contribution in [-0.4, -0.2) is 39.6 Å². The summed E-state index contributed by atoms with van der Waals surface area (Å²) in [6.45, 7) is 3.48. The smallest absolute Gasteiger partial charge is 0.343 e. The summed E-state index contributed by atoms with van der Waals surface area (Å²) in [7, 11) is 0. The topological polar surface area (TPSA) is 55.2 Å². The van der Waals surface area contributed by atoms with E-state index in [1.54, 1.807) is 6.92 Å². The molecule has 1 amide bonds. The largest absolute Gasteiger partial charge is 0.390 e. The van der Waals surface area contributed by atoms with Crippen molar-refractivity contribution in [3.63, 3.8) is 0 Å². The second-order valence-corrected chi connectivity index (χ2v) is 7.89. The fraction of sp³-hybridized carbons (Fsp3) is 0.381. The molecular weight excluding hydrogens is 415 g/mol. The van der Waals surface area contributed by atoms with Crippen LogP contribution >= 0.6 is 11.3 Å². The predicted molar refractivity (Wildman–Crippen MR) is 112 cm³/mol. The number of alkyl halides is 3. The van der Waals surface area contributed by atoms with Crippen LogP contribution in [-0.2, 0) is 11.3 Å². The van der Waals surface area contributed by atoms with Crippen LogP contribution in [0.5, 0.6) is 0 Å². The standard InChI is InChI=1S/C21H22F3N3O2S/c1-3-26(11-9-21(22,23)24)17(28)8-10-27-13-25-19-18(20(27)29)16(12-30-19)15-6-4-14(2)5-7-15/h4-7,12-13H,3,8-11H2,1-2H3. The number of carbonyl (C=O) groups excluding carboxylic acids is 1. The van der Waals surface area contributed by atoms with Gasteiger partial charge in [0.05, 0.1) is 18.1 Å². The minimum absolute atomic E-state index is 0.0618. The highest BCUT2D eigenvalue weighted by Gasteiger charge is 2.28. The van der Waals surface area contributed by atoms with Gasteiger partial charge in [-0.3, -0.25) is 14.2 Å². The van der Waals surface area contributed by atoms with Gasteiger partial charge in [0.2, 0.25) is 5.91 Å². The lowest BCUT2D eigenvalue weighted by molar-refractivity contribution is -0.145. The van der Waals surface area contributed by atoms with Crippen molar-refractivity contribution in [3.8, 4) is 11.1 Å². The Morgan fingerprint density at radius 2 is 1.93 bits per heavy atom. The van der Waals surface area contributed by atoms with E-state index in [1.807, 2.05) is 36.6 Å². The Balaban J connectivity index is 1.79. The van der Waals surface area contributed by atoms with Gasteiger partial charge in [0.15, 0.2) is 0 Å². The van der Waals surface area contributed by atoms with Crippen molar-refractivity contribution < 1.29 is 18.0 Å². The predicted octanol–water partition coefficient (Wildman–Crippen LogP) is 4.62. The maximum Gasteiger partial charge on any atom is 0.390 e. The number of aryl methyl sites for hydroxylation is 2. The number of rotatable bonds is 7. The Bertz CT molecular complexity index is 1090. The van der Waals surface area contributed by atoms with Gasteiger partial charge in [0.25, 0.3) is 5.56 Å². The molecule has 0 fully saturated rings. The van der Waals surface area contributed by atoms with E-state index < -0.39 is 18.5 Å². The molecule has 1 aromatic carbocycles. The lowest BCUT2D eigenvalue weighted by atomic mass is 10.1. The van der Waals surface area contributed by atoms with E-state index in [9.17, 15) is 22.8 Å². The van der Waals surface area contributed by atoms with Crippen molar-refractivity contribution in [2.45, 2.75) is 39.4 Å². The van der Waals surface area contributed by atoms with Crippen LogP contribution in [0, 0.1) is 6.92 Å². The molecule has 0 atom stereocenters. The molecule has 0 N–H and O–H groups in total. The maximum absolute atomic E-state index is 13.0. The molecule has 0 unspecified atom stereocenters. The Labute approximate surface area is 175 Å². The third-order valence-corrected chi connectivity index (χ3v) is 5.78. The molecule has 0 saturated heterocycles. The zero-order valence-corrected chi connectivity index (χ0v) is 17.5. The van der Waals surface area contributed by atoms with Crippen molar-refractivity contribution in [3.05, 3.63) is 51.9 Å². The van der Waals surface area contributed by atoms with Crippen LogP contribution in [0.25, 0.3) is 21.3 Å². The van der Waals surface area contributed by atoms with Gasteiger partial charge in [-0.25, -0.2) is 4.98 Å². The third kappa shape index (κ3) is 5.08. The van der Waals surface area contributed by atoms with Crippen molar-refractivity contribution in [2.24, 2.45) is 0 Å². The van der Waals surface area contributed by atoms with Gasteiger partial charge in [0.1, 0.15) is 4.83 Å². The molecule has 160 valence electrons. The average Bonchev–Trinajstić information content (AvgIpc) is 3.12. The molecule has 0 radical (unpaired) electrons. The summed E-state index contributed by atoms with van der Waals surface area (Å²) >= 11 is 1.37. The van der Waals surface area contributed by atoms with E-state index in [2.05, 4.69) is 4.98 Å². The summed E-state index contributed by atoms with van der Waals surface area (Å²) in [5.74, 6) is -0.419. The van der Waals surface area contributed by atoms with Crippen molar-refractivity contribution in [2.75, 3.05) is 13.1 Å². The number of benzene rings is 1. The van der Waals surface area contributed by atoms with E-state index in [0.29, 0.717) is 10.2 Å². The van der Waals surface area contributed by atoms with Crippen molar-refractivity contribution in [1.29, 1.82) is 0 Å². The van der Waals surface area contributed by atoms with Gasteiger partial charge in [-0.1, -0.05) is 29.8 Å². The molecule has 2 heterocycles. The van der Waals surface area contributed by atoms with E-state index >= 15 is 0 Å². The Kier molecular flexibility index (Phi) is 6.60. The Hall–Kier alpha value is -2.68. The summed E-state index contributed by atoms with van der Waals surface area (Å²) in [6, 6.07) is 7.81. The number of hydrogen-bond donors (Lipinski definition) is 0. The number of hydrogen-bond acceptors (Lipinski definition) is 4. The number of nitrogens with zero attached hydrogens (tertiary/aromatic N) is 3. The lowest BCUT2D eigenvalue weighted by Gasteiger charge is -2.21. The quantitative estimate of drug-likeness (QED) is 0.542. The number of amides is 1. The van der Waals surface area contributed by atoms with Crippen LogP contribution in [0.2, 0.25) is 0 Å². The molecule has 2 aromatic heterocycles. The first-order chi connectivity index (χ1) is 14.2. The summed E-state index contributed by atoms with van der Waals surface area (Å²) in [6.07, 6.45) is -4.04. The molecular formula is C21H22F3N3O2S. The minimum Gasteiger partial charge on any atom is -0.343 e. The SMILES string of the molecule is CCN(CCC(F)(F)F)C(=O)CCn1cnc2scc(-c3ccc(C)cc3)c2c1=O. The van der Waals surface area contributed by atoms with E-state index in [0.717, 1.165) is 21.6 Å². The molecule has 3 aromatic rings. The summed E-state index contributed by atoms with van der Waals surface area (Å²) in [4.78, 5) is 31.4. The average molecular weight is 437 g/mol. The summed E-state index contributed by atoms with van der Waals surface area (Å²) in [5, 5.41) is 2.37. The lowest BCUT2D eigenvalue weighted by Crippen LogP contribution is -2.35. The molecule has 0 bridgehead atoms. The van der Waals surface area contributed by atoms with Gasteiger partial charge in [-0.05, 0) is 19.4 Å². The molecule has 5 nitrogen and oxygen atoms in total. The van der Waals surface area contributed by atoms with Gasteiger partial charge in [-0.2, -0.15) is 13.2 Å². The fourth-order valence-electron chi connectivity index (χ4n) is 3.17. The maximum atomic E-state index is 13.0. The minimum atomic E-state index is -4.31. The van der Waals surface area contributed by atoms with E-state index in [1.165, 1.54) is 22.2 Å². The van der Waals surface area contributed by atoms with Crippen molar-refractivity contribution >= 4 is 27.5 Å². The zero-order valence-electron chi connectivity index (χ0n) is 16.7. The van der Waals surface area contributed by atoms with Gasteiger partial charge in [0, 0.05) is 37.0 Å². The van der Waals surface area contributed by atoms with E-state index in [-0.39, 0.29) is 31.6 Å². The van der Waals surface area contributed by atoms with E-state index in [4.69, 9.17) is 0 Å². The molecule has 0 spiro atoms. The number of fused-ring (bicyclic) bond motifs is 1. The molecule has 30 heavy (non-hydrogen) atoms. The monoisotopic (exact) mass is 437 g/mol. The molecule has 3 rings (SSSR count). The van der Waals surface area contributed by atoms with Crippen molar-refractivity contribution in [1.82, 2.24) is 14.5 Å². The summed E-state index contributed by atoms with van der Waals surface area (Å²) < 4.78 is 38.7. The van der Waals surface area contributed by atoms with Gasteiger partial charge in [-0.15, -0.1) is 11.3 Å². The van der Waals surface area contributed by atoms with Crippen LogP contribution in [0.3, 0.4) is 0 Å². The van der Waals surface area contributed by atoms with Crippen LogP contribution in [0.4, 0.5) is 13.2 Å². The Morgan fingerprint density at radius 1 is 1.23 bits per heavy atom. The first kappa shape index (κ1) is 22.0. The number of aromatic nitrogens is 2. The number of carbonyl (C=O) groups is 1. The molecule has 0 aliphatic carbocycles. The normalized spacial score (nSPS) is 11.8.